The van der Waals surface area contributed by atoms with Gasteiger partial charge < -0.3 is 13.6 Å². The van der Waals surface area contributed by atoms with Crippen LogP contribution in [0.1, 0.15) is 12.8 Å². The van der Waals surface area contributed by atoms with Gasteiger partial charge in [0.1, 0.15) is 5.82 Å². The molecule has 0 radical (unpaired) electrons. The number of carbonyl (C=O) groups is 1. The van der Waals surface area contributed by atoms with E-state index in [4.69, 9.17) is 13.6 Å². The van der Waals surface area contributed by atoms with Gasteiger partial charge >= 0.3 is 6.01 Å². The number of amides is 1. The summed E-state index contributed by atoms with van der Waals surface area (Å²) in [5.41, 5.74) is 0.581. The van der Waals surface area contributed by atoms with E-state index in [2.05, 4.69) is 15.5 Å². The molecule has 0 aliphatic heterocycles. The maximum atomic E-state index is 12.9. The molecule has 0 fully saturated rings. The highest BCUT2D eigenvalue weighted by atomic mass is 32.2. The zero-order valence-electron chi connectivity index (χ0n) is 16.1. The van der Waals surface area contributed by atoms with E-state index in [-0.39, 0.29) is 23.6 Å². The van der Waals surface area contributed by atoms with Gasteiger partial charge in [-0.3, -0.25) is 10.1 Å². The number of methoxy groups -OCH3 is 1. The topological polar surface area (TPSA) is 90.4 Å². The predicted octanol–water partition coefficient (Wildman–Crippen LogP) is 5.14. The van der Waals surface area contributed by atoms with E-state index in [1.807, 2.05) is 12.1 Å². The van der Waals surface area contributed by atoms with Crippen LogP contribution >= 0.6 is 11.8 Å². The predicted molar refractivity (Wildman–Crippen MR) is 111 cm³/mol. The van der Waals surface area contributed by atoms with Crippen molar-refractivity contribution in [2.45, 2.75) is 17.7 Å². The van der Waals surface area contributed by atoms with Crippen molar-refractivity contribution in [2.24, 2.45) is 0 Å². The number of fused-ring (bicyclic) bond motifs is 1. The normalized spacial score (nSPS) is 11.0. The Morgan fingerprint density at radius 3 is 2.80 bits per heavy atom. The summed E-state index contributed by atoms with van der Waals surface area (Å²) in [6.45, 7) is 0. The highest BCUT2D eigenvalue weighted by Gasteiger charge is 2.16. The Hall–Kier alpha value is -3.33. The molecule has 0 aliphatic rings. The Labute approximate surface area is 175 Å². The van der Waals surface area contributed by atoms with Crippen LogP contribution in [0.15, 0.2) is 62.3 Å². The van der Waals surface area contributed by atoms with Crippen LogP contribution in [0.4, 0.5) is 10.4 Å². The Morgan fingerprint density at radius 1 is 1.17 bits per heavy atom. The largest absolute Gasteiger partial charge is 0.493 e. The number of nitrogens with one attached hydrogen (secondary N) is 1. The molecule has 30 heavy (non-hydrogen) atoms. The molecule has 0 spiro atoms. The molecule has 0 aliphatic carbocycles. The molecule has 154 valence electrons. The van der Waals surface area contributed by atoms with Gasteiger partial charge in [-0.05, 0) is 48.6 Å². The second kappa shape index (κ2) is 9.00. The smallest absolute Gasteiger partial charge is 0.322 e. The van der Waals surface area contributed by atoms with E-state index in [1.165, 1.54) is 12.1 Å². The van der Waals surface area contributed by atoms with Crippen molar-refractivity contribution < 1.29 is 22.8 Å². The van der Waals surface area contributed by atoms with Crippen LogP contribution in [0.3, 0.4) is 0 Å². The molecule has 1 amide bonds. The number of benzene rings is 2. The molecular formula is C21H18FN3O4S. The van der Waals surface area contributed by atoms with Crippen LogP contribution in [0.5, 0.6) is 5.75 Å². The van der Waals surface area contributed by atoms with Crippen LogP contribution < -0.4 is 10.1 Å². The molecule has 2 aromatic carbocycles. The second-order valence-corrected chi connectivity index (χ2v) is 7.52. The molecule has 2 heterocycles. The summed E-state index contributed by atoms with van der Waals surface area (Å²) in [6.07, 6.45) is 0.950. The number of rotatable bonds is 8. The van der Waals surface area contributed by atoms with Gasteiger partial charge in [-0.25, -0.2) is 4.39 Å². The summed E-state index contributed by atoms with van der Waals surface area (Å²) in [5, 5.41) is 11.2. The SMILES string of the molecule is COc1cccc2cc(-c3nnc(NC(=O)CCCSc4ccc(F)cc4)o3)oc12. The number of hydrogen-bond donors (Lipinski definition) is 1. The van der Waals surface area contributed by atoms with Gasteiger partial charge in [-0.2, -0.15) is 0 Å². The zero-order chi connectivity index (χ0) is 20.9. The van der Waals surface area contributed by atoms with Gasteiger partial charge in [0.2, 0.25) is 5.91 Å². The molecule has 7 nitrogen and oxygen atoms in total. The van der Waals surface area contributed by atoms with Gasteiger partial charge in [0, 0.05) is 16.7 Å². The Balaban J connectivity index is 1.31. The molecule has 9 heteroatoms. The molecule has 0 bridgehead atoms. The van der Waals surface area contributed by atoms with Gasteiger partial charge in [0.15, 0.2) is 17.1 Å². The fraction of sp³-hybridized carbons (Fsp3) is 0.190. The fourth-order valence-electron chi connectivity index (χ4n) is 2.81. The maximum Gasteiger partial charge on any atom is 0.322 e. The summed E-state index contributed by atoms with van der Waals surface area (Å²) in [4.78, 5) is 13.1. The van der Waals surface area contributed by atoms with Crippen molar-refractivity contribution in [2.75, 3.05) is 18.2 Å². The summed E-state index contributed by atoms with van der Waals surface area (Å²) in [6, 6.07) is 13.6. The van der Waals surface area contributed by atoms with Gasteiger partial charge in [0.25, 0.3) is 5.89 Å². The first kappa shape index (κ1) is 20.0. The van der Waals surface area contributed by atoms with E-state index in [0.29, 0.717) is 29.9 Å². The average Bonchev–Trinajstić information content (AvgIpc) is 3.39. The van der Waals surface area contributed by atoms with Crippen molar-refractivity contribution in [3.63, 3.8) is 0 Å². The monoisotopic (exact) mass is 427 g/mol. The summed E-state index contributed by atoms with van der Waals surface area (Å²) in [7, 11) is 1.56. The Morgan fingerprint density at radius 2 is 2.00 bits per heavy atom. The Kier molecular flexibility index (Phi) is 5.99. The molecule has 0 saturated carbocycles. The highest BCUT2D eigenvalue weighted by molar-refractivity contribution is 7.99. The highest BCUT2D eigenvalue weighted by Crippen LogP contribution is 2.33. The number of halogens is 1. The van der Waals surface area contributed by atoms with Gasteiger partial charge in [0.05, 0.1) is 7.11 Å². The minimum absolute atomic E-state index is 0.00797. The van der Waals surface area contributed by atoms with Crippen LogP contribution in [-0.2, 0) is 4.79 Å². The van der Waals surface area contributed by atoms with E-state index < -0.39 is 0 Å². The van der Waals surface area contributed by atoms with E-state index in [9.17, 15) is 9.18 Å². The third-order valence-corrected chi connectivity index (χ3v) is 5.34. The van der Waals surface area contributed by atoms with Crippen LogP contribution in [0.2, 0.25) is 0 Å². The number of ether oxygens (including phenoxy) is 1. The van der Waals surface area contributed by atoms with E-state index >= 15 is 0 Å². The first-order valence-corrected chi connectivity index (χ1v) is 10.2. The minimum atomic E-state index is -0.264. The lowest BCUT2D eigenvalue weighted by molar-refractivity contribution is -0.116. The van der Waals surface area contributed by atoms with E-state index in [1.54, 1.807) is 43.1 Å². The van der Waals surface area contributed by atoms with Crippen molar-refractivity contribution >= 4 is 34.7 Å². The number of hydrogen-bond acceptors (Lipinski definition) is 7. The van der Waals surface area contributed by atoms with Crippen molar-refractivity contribution in [3.8, 4) is 17.4 Å². The first-order chi connectivity index (χ1) is 14.6. The van der Waals surface area contributed by atoms with Crippen molar-refractivity contribution in [1.82, 2.24) is 10.2 Å². The number of para-hydroxylation sites is 1. The van der Waals surface area contributed by atoms with Gasteiger partial charge in [-0.15, -0.1) is 16.9 Å². The number of aromatic nitrogens is 2. The zero-order valence-corrected chi connectivity index (χ0v) is 16.9. The number of anilines is 1. The lowest BCUT2D eigenvalue weighted by atomic mass is 10.2. The summed E-state index contributed by atoms with van der Waals surface area (Å²) in [5.74, 6) is 1.39. The molecule has 4 aromatic rings. The lowest BCUT2D eigenvalue weighted by Gasteiger charge is -2.02. The molecule has 2 aromatic heterocycles. The summed E-state index contributed by atoms with van der Waals surface area (Å²) < 4.78 is 29.4. The van der Waals surface area contributed by atoms with Crippen LogP contribution in [-0.4, -0.2) is 29.0 Å². The van der Waals surface area contributed by atoms with Crippen molar-refractivity contribution in [3.05, 3.63) is 54.3 Å². The third-order valence-electron chi connectivity index (χ3n) is 4.24. The lowest BCUT2D eigenvalue weighted by Crippen LogP contribution is -2.11. The minimum Gasteiger partial charge on any atom is -0.493 e. The van der Waals surface area contributed by atoms with Gasteiger partial charge in [-0.1, -0.05) is 17.2 Å². The van der Waals surface area contributed by atoms with E-state index in [0.717, 1.165) is 16.0 Å². The number of nitrogens with zero attached hydrogens (tertiary/aromatic N) is 2. The van der Waals surface area contributed by atoms with Crippen LogP contribution in [0, 0.1) is 5.82 Å². The fourth-order valence-corrected chi connectivity index (χ4v) is 3.66. The Bertz CT molecular complexity index is 1160. The number of carbonyl (C=O) groups excluding carboxylic acids is 1. The number of furan rings is 1. The number of thioether (sulfide) groups is 1. The average molecular weight is 427 g/mol. The third kappa shape index (κ3) is 4.62. The maximum absolute atomic E-state index is 12.9. The summed E-state index contributed by atoms with van der Waals surface area (Å²) >= 11 is 1.56. The molecule has 0 unspecified atom stereocenters. The molecule has 1 N–H and O–H groups in total. The quantitative estimate of drug-likeness (QED) is 0.307. The van der Waals surface area contributed by atoms with Crippen molar-refractivity contribution in [1.29, 1.82) is 0 Å². The molecule has 0 saturated heterocycles. The molecular weight excluding hydrogens is 409 g/mol. The van der Waals surface area contributed by atoms with Crippen LogP contribution in [0.25, 0.3) is 22.6 Å². The molecule has 0 atom stereocenters. The molecule has 4 rings (SSSR count). The standard InChI is InChI=1S/C21H18FN3O4S/c1-27-16-5-2-4-13-12-17(28-19(13)16)20-24-25-21(29-20)23-18(26)6-3-11-30-15-9-7-14(22)8-10-15/h2,4-5,7-10,12H,3,6,11H2,1H3,(H,23,25,26). The second-order valence-electron chi connectivity index (χ2n) is 6.36. The first-order valence-electron chi connectivity index (χ1n) is 9.21.